The Bertz CT molecular complexity index is 785. The second kappa shape index (κ2) is 5.61. The molecule has 3 nitrogen and oxygen atoms in total. The molecule has 0 aliphatic rings. The average molecular weight is 300 g/mol. The molecule has 2 aromatic heterocycles. The molecule has 0 saturated carbocycles. The lowest BCUT2D eigenvalue weighted by Gasteiger charge is -2.16. The van der Waals surface area contributed by atoms with Gasteiger partial charge in [0.2, 0.25) is 0 Å². The number of thiophene rings is 1. The summed E-state index contributed by atoms with van der Waals surface area (Å²) < 4.78 is 14.1. The third kappa shape index (κ3) is 2.92. The zero-order valence-electron chi connectivity index (χ0n) is 11.4. The van der Waals surface area contributed by atoms with Crippen LogP contribution in [0.1, 0.15) is 15.2 Å². The Labute approximate surface area is 125 Å². The number of fused-ring (bicyclic) bond motifs is 1. The van der Waals surface area contributed by atoms with Crippen molar-refractivity contribution < 1.29 is 9.18 Å². The third-order valence-electron chi connectivity index (χ3n) is 3.20. The predicted molar refractivity (Wildman–Crippen MR) is 81.8 cm³/mol. The van der Waals surface area contributed by atoms with E-state index in [1.165, 1.54) is 23.5 Å². The van der Waals surface area contributed by atoms with Crippen LogP contribution in [0.4, 0.5) is 4.39 Å². The summed E-state index contributed by atoms with van der Waals surface area (Å²) in [4.78, 5) is 18.7. The maximum atomic E-state index is 13.2. The lowest BCUT2D eigenvalue weighted by molar-refractivity contribution is 0.0790. The molecular weight excluding hydrogens is 287 g/mol. The molecule has 0 bridgehead atoms. The van der Waals surface area contributed by atoms with E-state index in [9.17, 15) is 9.18 Å². The van der Waals surface area contributed by atoms with Crippen LogP contribution in [0.5, 0.6) is 0 Å². The number of amides is 1. The van der Waals surface area contributed by atoms with Crippen molar-refractivity contribution >= 4 is 27.3 Å². The Balaban J connectivity index is 1.82. The molecule has 1 aromatic carbocycles. The Kier molecular flexibility index (Phi) is 3.66. The fourth-order valence-corrected chi connectivity index (χ4v) is 3.18. The first-order valence-electron chi connectivity index (χ1n) is 6.47. The normalized spacial score (nSPS) is 10.8. The first-order valence-corrected chi connectivity index (χ1v) is 7.28. The Morgan fingerprint density at radius 2 is 2.00 bits per heavy atom. The summed E-state index contributed by atoms with van der Waals surface area (Å²) in [6.45, 7) is 0.518. The van der Waals surface area contributed by atoms with Gasteiger partial charge in [0.1, 0.15) is 5.82 Å². The monoisotopic (exact) mass is 300 g/mol. The zero-order chi connectivity index (χ0) is 14.8. The van der Waals surface area contributed by atoms with Gasteiger partial charge in [0.15, 0.2) is 0 Å². The lowest BCUT2D eigenvalue weighted by Crippen LogP contribution is -2.25. The smallest absolute Gasteiger partial charge is 0.264 e. The first kappa shape index (κ1) is 13.7. The fourth-order valence-electron chi connectivity index (χ4n) is 2.14. The van der Waals surface area contributed by atoms with Crippen LogP contribution < -0.4 is 0 Å². The summed E-state index contributed by atoms with van der Waals surface area (Å²) in [7, 11) is 1.76. The van der Waals surface area contributed by atoms with Crippen molar-refractivity contribution in [1.82, 2.24) is 9.88 Å². The van der Waals surface area contributed by atoms with Crippen molar-refractivity contribution in [3.05, 3.63) is 65.0 Å². The minimum Gasteiger partial charge on any atom is -0.337 e. The maximum Gasteiger partial charge on any atom is 0.264 e. The molecule has 0 saturated heterocycles. The topological polar surface area (TPSA) is 33.2 Å². The summed E-state index contributed by atoms with van der Waals surface area (Å²) in [5.41, 5.74) is 1.02. The van der Waals surface area contributed by atoms with Gasteiger partial charge in [0.05, 0.1) is 4.88 Å². The highest BCUT2D eigenvalue weighted by molar-refractivity contribution is 7.20. The highest BCUT2D eigenvalue weighted by Gasteiger charge is 2.15. The molecule has 5 heteroatoms. The summed E-state index contributed by atoms with van der Waals surface area (Å²) in [5, 5.41) is 0.765. The van der Waals surface area contributed by atoms with Gasteiger partial charge in [-0.2, -0.15) is 0 Å². The van der Waals surface area contributed by atoms with Crippen LogP contribution in [-0.2, 0) is 6.54 Å². The van der Waals surface area contributed by atoms with E-state index < -0.39 is 0 Å². The van der Waals surface area contributed by atoms with Crippen LogP contribution in [0.15, 0.2) is 48.8 Å². The van der Waals surface area contributed by atoms with Crippen LogP contribution in [0, 0.1) is 5.82 Å². The van der Waals surface area contributed by atoms with Gasteiger partial charge < -0.3 is 4.90 Å². The van der Waals surface area contributed by atoms with Gasteiger partial charge in [-0.25, -0.2) is 4.39 Å². The second-order valence-electron chi connectivity index (χ2n) is 4.81. The number of carbonyl (C=O) groups is 1. The molecule has 0 fully saturated rings. The number of aromatic nitrogens is 1. The predicted octanol–water partition coefficient (Wildman–Crippen LogP) is 3.71. The van der Waals surface area contributed by atoms with Crippen molar-refractivity contribution in [2.24, 2.45) is 0 Å². The van der Waals surface area contributed by atoms with E-state index in [4.69, 9.17) is 0 Å². The largest absolute Gasteiger partial charge is 0.337 e. The highest BCUT2D eigenvalue weighted by atomic mass is 32.1. The minimum atomic E-state index is -0.288. The van der Waals surface area contributed by atoms with Gasteiger partial charge in [0, 0.05) is 30.7 Å². The average Bonchev–Trinajstić information content (AvgIpc) is 2.90. The molecule has 0 N–H and O–H groups in total. The Morgan fingerprint density at radius 1 is 1.24 bits per heavy atom. The molecule has 106 valence electrons. The van der Waals surface area contributed by atoms with Gasteiger partial charge in [-0.1, -0.05) is 0 Å². The molecule has 0 aliphatic heterocycles. The van der Waals surface area contributed by atoms with E-state index in [1.54, 1.807) is 36.5 Å². The number of pyridine rings is 1. The summed E-state index contributed by atoms with van der Waals surface area (Å²) in [6.07, 6.45) is 3.41. The number of rotatable bonds is 3. The van der Waals surface area contributed by atoms with Crippen LogP contribution >= 0.6 is 11.3 Å². The van der Waals surface area contributed by atoms with E-state index in [0.717, 1.165) is 15.6 Å². The summed E-state index contributed by atoms with van der Waals surface area (Å²) in [5.74, 6) is -0.349. The molecule has 0 radical (unpaired) electrons. The van der Waals surface area contributed by atoms with Crippen molar-refractivity contribution in [2.75, 3.05) is 7.05 Å². The first-order chi connectivity index (χ1) is 10.1. The van der Waals surface area contributed by atoms with E-state index in [2.05, 4.69) is 4.98 Å². The van der Waals surface area contributed by atoms with Crippen molar-refractivity contribution in [1.29, 1.82) is 0 Å². The summed E-state index contributed by atoms with van der Waals surface area (Å²) in [6, 6.07) is 10.1. The third-order valence-corrected chi connectivity index (χ3v) is 4.31. The number of benzene rings is 1. The molecule has 1 amide bonds. The van der Waals surface area contributed by atoms with Crippen LogP contribution in [0.2, 0.25) is 0 Å². The van der Waals surface area contributed by atoms with E-state index >= 15 is 0 Å². The van der Waals surface area contributed by atoms with Crippen LogP contribution in [0.25, 0.3) is 10.1 Å². The van der Waals surface area contributed by atoms with Crippen molar-refractivity contribution in [3.63, 3.8) is 0 Å². The number of hydrogen-bond acceptors (Lipinski definition) is 3. The van der Waals surface area contributed by atoms with E-state index in [-0.39, 0.29) is 11.7 Å². The minimum absolute atomic E-state index is 0.0616. The maximum absolute atomic E-state index is 13.2. The quantitative estimate of drug-likeness (QED) is 0.739. The van der Waals surface area contributed by atoms with Crippen molar-refractivity contribution in [3.8, 4) is 0 Å². The summed E-state index contributed by atoms with van der Waals surface area (Å²) >= 11 is 1.38. The molecule has 0 unspecified atom stereocenters. The molecule has 3 rings (SSSR count). The van der Waals surface area contributed by atoms with Crippen LogP contribution in [-0.4, -0.2) is 22.8 Å². The molecule has 0 spiro atoms. The zero-order valence-corrected chi connectivity index (χ0v) is 12.2. The van der Waals surface area contributed by atoms with E-state index in [1.807, 2.05) is 12.1 Å². The fraction of sp³-hybridized carbons (Fsp3) is 0.125. The lowest BCUT2D eigenvalue weighted by atomic mass is 10.2. The molecule has 3 aromatic rings. The molecule has 2 heterocycles. The van der Waals surface area contributed by atoms with Gasteiger partial charge in [-0.3, -0.25) is 9.78 Å². The number of halogens is 1. The molecular formula is C16H13FN2OS. The standard InChI is InChI=1S/C16H13FN2OS/c1-19(10-11-4-6-18-7-5-11)16(20)15-9-12-8-13(17)2-3-14(12)21-15/h2-9H,10H2,1H3. The van der Waals surface area contributed by atoms with Crippen LogP contribution in [0.3, 0.4) is 0 Å². The molecule has 0 aliphatic carbocycles. The number of carbonyl (C=O) groups excluding carboxylic acids is 1. The highest BCUT2D eigenvalue weighted by Crippen LogP contribution is 2.27. The van der Waals surface area contributed by atoms with Gasteiger partial charge >= 0.3 is 0 Å². The molecule has 0 atom stereocenters. The number of nitrogens with zero attached hydrogens (tertiary/aromatic N) is 2. The SMILES string of the molecule is CN(Cc1ccncc1)C(=O)c1cc2cc(F)ccc2s1. The van der Waals surface area contributed by atoms with E-state index in [0.29, 0.717) is 11.4 Å². The van der Waals surface area contributed by atoms with Gasteiger partial charge in [-0.15, -0.1) is 11.3 Å². The second-order valence-corrected chi connectivity index (χ2v) is 5.89. The van der Waals surface area contributed by atoms with Gasteiger partial charge in [0.25, 0.3) is 5.91 Å². The Hall–Kier alpha value is -2.27. The van der Waals surface area contributed by atoms with Gasteiger partial charge in [-0.05, 0) is 47.3 Å². The molecule has 21 heavy (non-hydrogen) atoms. The van der Waals surface area contributed by atoms with Crippen molar-refractivity contribution in [2.45, 2.75) is 6.54 Å². The Morgan fingerprint density at radius 3 is 2.76 bits per heavy atom. The number of hydrogen-bond donors (Lipinski definition) is 0.